The molecule has 0 bridgehead atoms. The molecule has 0 atom stereocenters. The minimum absolute atomic E-state index is 0.0916. The maximum absolute atomic E-state index is 14.1. The lowest BCUT2D eigenvalue weighted by Crippen LogP contribution is -2.33. The van der Waals surface area contributed by atoms with Crippen molar-refractivity contribution >= 4 is 34.2 Å². The Hall–Kier alpha value is -4.34. The Morgan fingerprint density at radius 1 is 1.07 bits per heavy atom. The van der Waals surface area contributed by atoms with Crippen molar-refractivity contribution in [1.29, 1.82) is 0 Å². The van der Waals surface area contributed by atoms with E-state index in [1.807, 2.05) is 37.4 Å². The molecule has 1 fully saturated rings. The minimum atomic E-state index is -0.389. The predicted octanol–water partition coefficient (Wildman–Crippen LogP) is 6.37. The third-order valence-corrected chi connectivity index (χ3v) is 7.90. The molecule has 1 N–H and O–H groups in total. The smallest absolute Gasteiger partial charge is 0.257 e. The van der Waals surface area contributed by atoms with Gasteiger partial charge in [0, 0.05) is 53.4 Å². The number of nitrogens with zero attached hydrogens (tertiary/aromatic N) is 5. The molecule has 6 rings (SSSR count). The van der Waals surface area contributed by atoms with Crippen LogP contribution in [0, 0.1) is 5.82 Å². The van der Waals surface area contributed by atoms with Crippen LogP contribution in [0.25, 0.3) is 11.0 Å². The van der Waals surface area contributed by atoms with Gasteiger partial charge in [0.15, 0.2) is 0 Å². The van der Waals surface area contributed by atoms with Crippen LogP contribution in [0.3, 0.4) is 0 Å². The van der Waals surface area contributed by atoms with Gasteiger partial charge in [-0.25, -0.2) is 14.4 Å². The Morgan fingerprint density at radius 2 is 1.93 bits per heavy atom. The zero-order chi connectivity index (χ0) is 29.1. The molecule has 1 aliphatic rings. The fourth-order valence-corrected chi connectivity index (χ4v) is 5.44. The summed E-state index contributed by atoms with van der Waals surface area (Å²) in [6, 6.07) is 19.6. The lowest BCUT2D eigenvalue weighted by molar-refractivity contribution is 0.102. The van der Waals surface area contributed by atoms with Gasteiger partial charge in [-0.1, -0.05) is 23.7 Å². The second kappa shape index (κ2) is 12.3. The van der Waals surface area contributed by atoms with Crippen molar-refractivity contribution in [2.45, 2.75) is 31.9 Å². The molecule has 4 heterocycles. The van der Waals surface area contributed by atoms with Crippen molar-refractivity contribution in [1.82, 2.24) is 24.4 Å². The molecule has 0 spiro atoms. The van der Waals surface area contributed by atoms with E-state index in [0.717, 1.165) is 55.0 Å². The highest BCUT2D eigenvalue weighted by Gasteiger charge is 2.23. The van der Waals surface area contributed by atoms with E-state index in [4.69, 9.17) is 26.3 Å². The van der Waals surface area contributed by atoms with Crippen molar-refractivity contribution < 1.29 is 13.9 Å². The Bertz CT molecular complexity index is 1720. The first-order valence-corrected chi connectivity index (χ1v) is 14.2. The van der Waals surface area contributed by atoms with Crippen LogP contribution < -0.4 is 10.1 Å². The molecule has 1 saturated heterocycles. The molecule has 1 amide bonds. The number of amides is 1. The van der Waals surface area contributed by atoms with E-state index in [2.05, 4.69) is 19.8 Å². The monoisotopic (exact) mass is 584 g/mol. The number of halogens is 2. The van der Waals surface area contributed by atoms with Crippen molar-refractivity contribution in [2.24, 2.45) is 7.05 Å². The number of ether oxygens (including phenoxy) is 1. The molecule has 8 nitrogen and oxygen atoms in total. The number of hydrogen-bond acceptors (Lipinski definition) is 6. The number of hydrogen-bond donors (Lipinski definition) is 1. The van der Waals surface area contributed by atoms with E-state index in [9.17, 15) is 9.18 Å². The number of rotatable bonds is 8. The zero-order valence-corrected chi connectivity index (χ0v) is 23.9. The summed E-state index contributed by atoms with van der Waals surface area (Å²) in [5.74, 6) is 1.19. The van der Waals surface area contributed by atoms with Crippen LogP contribution in [0.4, 0.5) is 10.1 Å². The molecule has 214 valence electrons. The zero-order valence-electron chi connectivity index (χ0n) is 23.1. The van der Waals surface area contributed by atoms with Crippen molar-refractivity contribution in [2.75, 3.05) is 18.4 Å². The molecule has 2 aromatic carbocycles. The number of piperidine rings is 1. The van der Waals surface area contributed by atoms with E-state index < -0.39 is 0 Å². The maximum Gasteiger partial charge on any atom is 0.257 e. The van der Waals surface area contributed by atoms with Crippen molar-refractivity contribution in [3.8, 4) is 5.88 Å². The average Bonchev–Trinajstić information content (AvgIpc) is 3.31. The highest BCUT2D eigenvalue weighted by Crippen LogP contribution is 2.29. The van der Waals surface area contributed by atoms with Gasteiger partial charge < -0.3 is 14.6 Å². The molecule has 0 aliphatic carbocycles. The summed E-state index contributed by atoms with van der Waals surface area (Å²) in [5, 5.41) is 3.29. The SMILES string of the molecule is Cn1c(CN2CCC(c3cccc(OCc4ccc(Cl)cc4F)n3)CC2)nc2cc(NC(=O)c3cccnc3)ccc21. The number of nitrogens with one attached hydrogen (secondary N) is 1. The van der Waals surface area contributed by atoms with Crippen molar-refractivity contribution in [3.05, 3.63) is 113 Å². The number of aromatic nitrogens is 4. The van der Waals surface area contributed by atoms with E-state index in [1.54, 1.807) is 42.7 Å². The Morgan fingerprint density at radius 3 is 2.71 bits per heavy atom. The predicted molar refractivity (Wildman–Crippen MR) is 160 cm³/mol. The van der Waals surface area contributed by atoms with Gasteiger partial charge in [-0.3, -0.25) is 14.7 Å². The molecule has 0 unspecified atom stereocenters. The van der Waals surface area contributed by atoms with Crippen LogP contribution in [0.15, 0.2) is 79.1 Å². The molecule has 42 heavy (non-hydrogen) atoms. The van der Waals surface area contributed by atoms with Gasteiger partial charge in [-0.2, -0.15) is 0 Å². The van der Waals surface area contributed by atoms with Crippen LogP contribution in [0.1, 0.15) is 46.2 Å². The molecular weight excluding hydrogens is 555 g/mol. The van der Waals surface area contributed by atoms with Gasteiger partial charge in [-0.05, 0) is 74.5 Å². The quantitative estimate of drug-likeness (QED) is 0.228. The van der Waals surface area contributed by atoms with Gasteiger partial charge in [0.1, 0.15) is 18.2 Å². The highest BCUT2D eigenvalue weighted by atomic mass is 35.5. The summed E-state index contributed by atoms with van der Waals surface area (Å²) in [7, 11) is 2.02. The number of carbonyl (C=O) groups excluding carboxylic acids is 1. The standard InChI is InChI=1S/C32H30ClFN6O2/c1-39-29-10-9-25(36-32(41)22-4-3-13-35-18-22)17-28(29)37-30(39)19-40-14-11-21(12-15-40)27-5-2-6-31(38-27)42-20-23-7-8-24(33)16-26(23)34/h2-10,13,16-18,21H,11-12,14-15,19-20H2,1H3,(H,36,41). The summed E-state index contributed by atoms with van der Waals surface area (Å²) in [6.07, 6.45) is 5.12. The van der Waals surface area contributed by atoms with E-state index in [1.165, 1.54) is 6.07 Å². The normalized spacial score (nSPS) is 14.3. The van der Waals surface area contributed by atoms with Crippen molar-refractivity contribution in [3.63, 3.8) is 0 Å². The number of aryl methyl sites for hydroxylation is 1. The van der Waals surface area contributed by atoms with Gasteiger partial charge in [0.2, 0.25) is 5.88 Å². The number of pyridine rings is 2. The molecule has 0 saturated carbocycles. The second-order valence-corrected chi connectivity index (χ2v) is 10.9. The van der Waals surface area contributed by atoms with Gasteiger partial charge in [-0.15, -0.1) is 0 Å². The topological polar surface area (TPSA) is 85.2 Å². The molecule has 5 aromatic rings. The average molecular weight is 585 g/mol. The Balaban J connectivity index is 1.05. The fourth-order valence-electron chi connectivity index (χ4n) is 5.29. The van der Waals surface area contributed by atoms with E-state index in [0.29, 0.717) is 33.6 Å². The number of imidazole rings is 1. The highest BCUT2D eigenvalue weighted by molar-refractivity contribution is 6.30. The van der Waals surface area contributed by atoms with Crippen LogP contribution in [0.5, 0.6) is 5.88 Å². The minimum Gasteiger partial charge on any atom is -0.473 e. The van der Waals surface area contributed by atoms with Crippen LogP contribution in [0.2, 0.25) is 5.02 Å². The summed E-state index contributed by atoms with van der Waals surface area (Å²) in [4.78, 5) is 28.6. The number of benzene rings is 2. The van der Waals surface area contributed by atoms with Gasteiger partial charge in [0.25, 0.3) is 5.91 Å². The number of carbonyl (C=O) groups is 1. The molecular formula is C32H30ClFN6O2. The summed E-state index contributed by atoms with van der Waals surface area (Å²) >= 11 is 5.85. The van der Waals surface area contributed by atoms with E-state index in [-0.39, 0.29) is 18.3 Å². The number of fused-ring (bicyclic) bond motifs is 1. The Labute approximate surface area is 248 Å². The van der Waals surface area contributed by atoms with Crippen LogP contribution >= 0.6 is 11.6 Å². The summed E-state index contributed by atoms with van der Waals surface area (Å²) in [6.45, 7) is 2.67. The Kier molecular flexibility index (Phi) is 8.12. The third kappa shape index (κ3) is 6.27. The van der Waals surface area contributed by atoms with Crippen LogP contribution in [-0.4, -0.2) is 43.4 Å². The van der Waals surface area contributed by atoms with Crippen LogP contribution in [-0.2, 0) is 20.2 Å². The molecule has 0 radical (unpaired) electrons. The third-order valence-electron chi connectivity index (χ3n) is 7.66. The van der Waals surface area contributed by atoms with E-state index >= 15 is 0 Å². The summed E-state index contributed by atoms with van der Waals surface area (Å²) in [5.41, 5.74) is 4.48. The first-order chi connectivity index (χ1) is 20.4. The largest absolute Gasteiger partial charge is 0.473 e. The number of anilines is 1. The fraction of sp³-hybridized carbons (Fsp3) is 0.250. The number of likely N-dealkylation sites (tertiary alicyclic amines) is 1. The van der Waals surface area contributed by atoms with Gasteiger partial charge in [0.05, 0.1) is 23.1 Å². The lowest BCUT2D eigenvalue weighted by atomic mass is 9.93. The molecule has 10 heteroatoms. The first kappa shape index (κ1) is 27.8. The molecule has 1 aliphatic heterocycles. The first-order valence-electron chi connectivity index (χ1n) is 13.9. The lowest BCUT2D eigenvalue weighted by Gasteiger charge is -2.31. The second-order valence-electron chi connectivity index (χ2n) is 10.5. The summed E-state index contributed by atoms with van der Waals surface area (Å²) < 4.78 is 22.0. The van der Waals surface area contributed by atoms with Gasteiger partial charge >= 0.3 is 0 Å². The molecule has 3 aromatic heterocycles. The maximum atomic E-state index is 14.1.